The van der Waals surface area contributed by atoms with Gasteiger partial charge in [0.05, 0.1) is 0 Å². The van der Waals surface area contributed by atoms with E-state index in [1.54, 1.807) is 6.92 Å². The van der Waals surface area contributed by atoms with Crippen molar-refractivity contribution >= 4 is 11.9 Å². The van der Waals surface area contributed by atoms with Crippen LogP contribution in [0.15, 0.2) is 0 Å². The Bertz CT molecular complexity index is 221. The van der Waals surface area contributed by atoms with Gasteiger partial charge < -0.3 is 4.84 Å². The number of rotatable bonds is 8. The summed E-state index contributed by atoms with van der Waals surface area (Å²) in [6.45, 7) is 5.90. The Kier molecular flexibility index (Phi) is 9.49. The molecule has 100 valence electrons. The molecule has 4 heteroatoms. The number of hydrogen-bond acceptors (Lipinski definition) is 3. The van der Waals surface area contributed by atoms with Crippen LogP contribution < -0.4 is 5.48 Å². The lowest BCUT2D eigenvalue weighted by Crippen LogP contribution is -2.32. The normalized spacial score (nSPS) is 10.4. The van der Waals surface area contributed by atoms with Crippen LogP contribution in [0, 0.1) is 5.92 Å². The van der Waals surface area contributed by atoms with Gasteiger partial charge in [-0.2, -0.15) is 5.48 Å². The predicted octanol–water partition coefficient (Wildman–Crippen LogP) is 2.97. The van der Waals surface area contributed by atoms with E-state index >= 15 is 0 Å². The van der Waals surface area contributed by atoms with Crippen molar-refractivity contribution in [2.45, 2.75) is 65.7 Å². The molecule has 0 heterocycles. The monoisotopic (exact) mass is 243 g/mol. The Hall–Kier alpha value is -1.06. The maximum atomic E-state index is 11.8. The van der Waals surface area contributed by atoms with Gasteiger partial charge in [0.1, 0.15) is 0 Å². The van der Waals surface area contributed by atoms with E-state index in [1.165, 1.54) is 0 Å². The van der Waals surface area contributed by atoms with Gasteiger partial charge in [0.2, 0.25) is 0 Å². The zero-order valence-electron chi connectivity index (χ0n) is 11.3. The van der Waals surface area contributed by atoms with E-state index < -0.39 is 5.97 Å². The highest BCUT2D eigenvalue weighted by atomic mass is 16.7. The minimum Gasteiger partial charge on any atom is -0.341 e. The zero-order valence-corrected chi connectivity index (χ0v) is 11.3. The summed E-state index contributed by atoms with van der Waals surface area (Å²) in [4.78, 5) is 27.4. The van der Waals surface area contributed by atoms with Gasteiger partial charge in [-0.15, -0.1) is 0 Å². The van der Waals surface area contributed by atoms with Crippen molar-refractivity contribution in [2.24, 2.45) is 5.92 Å². The maximum absolute atomic E-state index is 11.8. The van der Waals surface area contributed by atoms with Gasteiger partial charge in [0.25, 0.3) is 5.91 Å². The molecule has 0 unspecified atom stereocenters. The van der Waals surface area contributed by atoms with Gasteiger partial charge in [-0.05, 0) is 12.8 Å². The highest BCUT2D eigenvalue weighted by molar-refractivity contribution is 5.79. The van der Waals surface area contributed by atoms with Gasteiger partial charge in [0.15, 0.2) is 0 Å². The maximum Gasteiger partial charge on any atom is 0.331 e. The Morgan fingerprint density at radius 1 is 1.06 bits per heavy atom. The van der Waals surface area contributed by atoms with Crippen molar-refractivity contribution in [1.29, 1.82) is 0 Å². The molecule has 0 rings (SSSR count). The Labute approximate surface area is 104 Å². The number of nitrogens with one attached hydrogen (secondary N) is 1. The summed E-state index contributed by atoms with van der Waals surface area (Å²) in [6.07, 6.45) is 6.22. The average Bonchev–Trinajstić information content (AvgIpc) is 2.35. The second kappa shape index (κ2) is 10.1. The van der Waals surface area contributed by atoms with E-state index in [0.717, 1.165) is 38.5 Å². The van der Waals surface area contributed by atoms with Gasteiger partial charge >= 0.3 is 5.97 Å². The van der Waals surface area contributed by atoms with E-state index in [4.69, 9.17) is 0 Å². The molecule has 0 aliphatic heterocycles. The fourth-order valence-corrected chi connectivity index (χ4v) is 1.57. The first kappa shape index (κ1) is 15.9. The fraction of sp³-hybridized carbons (Fsp3) is 0.846. The highest BCUT2D eigenvalue weighted by Crippen LogP contribution is 2.16. The van der Waals surface area contributed by atoms with Crippen LogP contribution in [0.4, 0.5) is 0 Å². The predicted molar refractivity (Wildman–Crippen MR) is 67.1 cm³/mol. The van der Waals surface area contributed by atoms with Gasteiger partial charge in [0, 0.05) is 12.3 Å². The molecule has 0 aromatic heterocycles. The van der Waals surface area contributed by atoms with Crippen molar-refractivity contribution in [2.75, 3.05) is 0 Å². The first-order valence-electron chi connectivity index (χ1n) is 6.65. The van der Waals surface area contributed by atoms with E-state index in [1.807, 2.05) is 0 Å². The van der Waals surface area contributed by atoms with Crippen LogP contribution in [-0.4, -0.2) is 11.9 Å². The van der Waals surface area contributed by atoms with Crippen molar-refractivity contribution in [3.63, 3.8) is 0 Å². The third-order valence-electron chi connectivity index (χ3n) is 2.74. The summed E-state index contributed by atoms with van der Waals surface area (Å²) in [6, 6.07) is 0. The molecule has 0 fully saturated rings. The van der Waals surface area contributed by atoms with Crippen LogP contribution in [-0.2, 0) is 14.4 Å². The fourth-order valence-electron chi connectivity index (χ4n) is 1.57. The summed E-state index contributed by atoms with van der Waals surface area (Å²) in [7, 11) is 0. The number of amides is 1. The molecular formula is C13H25NO3. The van der Waals surface area contributed by atoms with Crippen LogP contribution in [0.1, 0.15) is 65.7 Å². The van der Waals surface area contributed by atoms with Gasteiger partial charge in [-0.25, -0.2) is 4.79 Å². The zero-order chi connectivity index (χ0) is 13.1. The number of carbonyl (C=O) groups is 2. The number of carbonyl (C=O) groups excluding carboxylic acids is 2. The molecule has 0 atom stereocenters. The molecule has 0 saturated carbocycles. The second-order valence-corrected chi connectivity index (χ2v) is 4.28. The molecule has 17 heavy (non-hydrogen) atoms. The van der Waals surface area contributed by atoms with E-state index in [0.29, 0.717) is 0 Å². The minimum absolute atomic E-state index is 0.0282. The number of hydroxylamine groups is 1. The minimum atomic E-state index is -0.400. The molecule has 0 aliphatic carbocycles. The van der Waals surface area contributed by atoms with Gasteiger partial charge in [-0.1, -0.05) is 46.5 Å². The molecule has 0 aliphatic rings. The molecule has 4 nitrogen and oxygen atoms in total. The second-order valence-electron chi connectivity index (χ2n) is 4.28. The third-order valence-corrected chi connectivity index (χ3v) is 2.74. The average molecular weight is 243 g/mol. The first-order valence-corrected chi connectivity index (χ1v) is 6.65. The summed E-state index contributed by atoms with van der Waals surface area (Å²) in [5.74, 6) is -0.587. The standard InChI is InChI=1S/C13H25NO3/c1-4-7-9-11(10-8-5-2)13(16)14-17-12(15)6-3/h11H,4-10H2,1-3H3,(H,14,16). The summed E-state index contributed by atoms with van der Waals surface area (Å²) < 4.78 is 0. The molecule has 1 N–H and O–H groups in total. The van der Waals surface area contributed by atoms with Crippen LogP contribution in [0.5, 0.6) is 0 Å². The molecular weight excluding hydrogens is 218 g/mol. The number of hydrogen-bond donors (Lipinski definition) is 1. The van der Waals surface area contributed by atoms with Crippen molar-refractivity contribution in [3.8, 4) is 0 Å². The van der Waals surface area contributed by atoms with Crippen LogP contribution in [0.2, 0.25) is 0 Å². The first-order chi connectivity index (χ1) is 8.15. The smallest absolute Gasteiger partial charge is 0.331 e. The van der Waals surface area contributed by atoms with Crippen LogP contribution >= 0.6 is 0 Å². The van der Waals surface area contributed by atoms with E-state index in [2.05, 4.69) is 24.2 Å². The molecule has 0 radical (unpaired) electrons. The largest absolute Gasteiger partial charge is 0.341 e. The molecule has 0 bridgehead atoms. The Balaban J connectivity index is 4.06. The molecule has 0 spiro atoms. The SMILES string of the molecule is CCCCC(CCCC)C(=O)NOC(=O)CC. The van der Waals surface area contributed by atoms with Gasteiger partial charge in [-0.3, -0.25) is 4.79 Å². The van der Waals surface area contributed by atoms with E-state index in [-0.39, 0.29) is 18.2 Å². The number of unbranched alkanes of at least 4 members (excludes halogenated alkanes) is 2. The Morgan fingerprint density at radius 3 is 2.00 bits per heavy atom. The molecule has 1 amide bonds. The van der Waals surface area contributed by atoms with E-state index in [9.17, 15) is 9.59 Å². The third kappa shape index (κ3) is 7.77. The topological polar surface area (TPSA) is 55.4 Å². The lowest BCUT2D eigenvalue weighted by atomic mass is 9.95. The van der Waals surface area contributed by atoms with Crippen LogP contribution in [0.25, 0.3) is 0 Å². The Morgan fingerprint density at radius 2 is 1.59 bits per heavy atom. The highest BCUT2D eigenvalue weighted by Gasteiger charge is 2.18. The van der Waals surface area contributed by atoms with Crippen molar-refractivity contribution in [3.05, 3.63) is 0 Å². The summed E-state index contributed by atoms with van der Waals surface area (Å²) >= 11 is 0. The molecule has 0 aromatic carbocycles. The molecule has 0 saturated heterocycles. The molecule has 0 aromatic rings. The quantitative estimate of drug-likeness (QED) is 0.667. The summed E-state index contributed by atoms with van der Waals surface area (Å²) in [5.41, 5.74) is 2.26. The van der Waals surface area contributed by atoms with Crippen LogP contribution in [0.3, 0.4) is 0 Å². The lowest BCUT2D eigenvalue weighted by Gasteiger charge is -2.15. The van der Waals surface area contributed by atoms with Crippen molar-refractivity contribution < 1.29 is 14.4 Å². The summed E-state index contributed by atoms with van der Waals surface area (Å²) in [5, 5.41) is 0. The van der Waals surface area contributed by atoms with Crippen molar-refractivity contribution in [1.82, 2.24) is 5.48 Å². The lowest BCUT2D eigenvalue weighted by molar-refractivity contribution is -0.159.